The SMILES string of the molecule is O=C1[C@@H]2[C@H]3C(=O)N(CCO)C4C(=O)N(C5CCCCC5)CC=C[C@@]43O[C@@H]2C=CCN1c1ccccc1. The summed E-state index contributed by atoms with van der Waals surface area (Å²) in [6.45, 7) is 0.631. The minimum Gasteiger partial charge on any atom is -0.395 e. The molecule has 1 saturated carbocycles. The van der Waals surface area contributed by atoms with Crippen LogP contribution in [0, 0.1) is 11.8 Å². The standard InChI is InChI=1S/C28H33N3O5/c32-18-17-31-24-27(35)30(20-11-5-2-6-12-20)16-8-14-28(24)23(26(31)34)22-21(36-28)13-7-15-29(25(22)33)19-9-3-1-4-10-19/h1,3-4,7-10,13-14,20-24,32H,2,5-6,11-12,15-18H2/t21-,22+,23+,24?,28+/m1/s1. The average molecular weight is 492 g/mol. The lowest BCUT2D eigenvalue weighted by atomic mass is 9.77. The van der Waals surface area contributed by atoms with E-state index in [-0.39, 0.29) is 36.9 Å². The second-order valence-electron chi connectivity index (χ2n) is 10.5. The molecule has 2 saturated heterocycles. The molecule has 1 aromatic carbocycles. The summed E-state index contributed by atoms with van der Waals surface area (Å²) in [7, 11) is 0. The predicted molar refractivity (Wildman–Crippen MR) is 133 cm³/mol. The maximum absolute atomic E-state index is 14.2. The van der Waals surface area contributed by atoms with E-state index >= 15 is 0 Å². The zero-order valence-corrected chi connectivity index (χ0v) is 20.4. The number of amides is 3. The van der Waals surface area contributed by atoms with E-state index in [0.29, 0.717) is 13.1 Å². The van der Waals surface area contributed by atoms with Crippen LogP contribution < -0.4 is 4.90 Å². The molecule has 4 aliphatic heterocycles. The van der Waals surface area contributed by atoms with Crippen molar-refractivity contribution in [2.45, 2.75) is 55.9 Å². The third-order valence-corrected chi connectivity index (χ3v) is 8.61. The van der Waals surface area contributed by atoms with Crippen LogP contribution in [0.1, 0.15) is 32.1 Å². The number of β-amino-alcohol motifs (C(OH)–C–C–N with tert-alkyl or cyclic N) is 1. The quantitative estimate of drug-likeness (QED) is 0.650. The van der Waals surface area contributed by atoms with Gasteiger partial charge in [0.05, 0.1) is 24.5 Å². The molecule has 0 bridgehead atoms. The van der Waals surface area contributed by atoms with Gasteiger partial charge in [-0.15, -0.1) is 0 Å². The Morgan fingerprint density at radius 1 is 0.944 bits per heavy atom. The summed E-state index contributed by atoms with van der Waals surface area (Å²) in [5.74, 6) is -2.18. The van der Waals surface area contributed by atoms with Crippen LogP contribution in [0.25, 0.3) is 0 Å². The molecule has 1 aliphatic carbocycles. The largest absolute Gasteiger partial charge is 0.395 e. The lowest BCUT2D eigenvalue weighted by molar-refractivity contribution is -0.149. The Kier molecular flexibility index (Phi) is 5.96. The van der Waals surface area contributed by atoms with Crippen molar-refractivity contribution in [3.8, 4) is 0 Å². The highest BCUT2D eigenvalue weighted by Crippen LogP contribution is 2.53. The van der Waals surface area contributed by atoms with Crippen LogP contribution in [0.15, 0.2) is 54.6 Å². The first-order chi connectivity index (χ1) is 17.6. The minimum absolute atomic E-state index is 0.0347. The van der Waals surface area contributed by atoms with Crippen molar-refractivity contribution in [1.82, 2.24) is 9.80 Å². The van der Waals surface area contributed by atoms with Crippen LogP contribution in [0.2, 0.25) is 0 Å². The van der Waals surface area contributed by atoms with E-state index in [1.54, 1.807) is 4.90 Å². The number of aliphatic hydroxyl groups is 1. The van der Waals surface area contributed by atoms with Gasteiger partial charge in [-0.3, -0.25) is 14.4 Å². The summed E-state index contributed by atoms with van der Waals surface area (Å²) >= 11 is 0. The molecule has 8 heteroatoms. The Morgan fingerprint density at radius 2 is 1.72 bits per heavy atom. The first-order valence-electron chi connectivity index (χ1n) is 13.2. The van der Waals surface area contributed by atoms with Crippen LogP contribution >= 0.6 is 0 Å². The number of ether oxygens (including phenoxy) is 1. The number of nitrogens with zero attached hydrogens (tertiary/aromatic N) is 3. The Hall–Kier alpha value is -2.97. The molecule has 8 nitrogen and oxygen atoms in total. The van der Waals surface area contributed by atoms with Crippen molar-refractivity contribution in [2.75, 3.05) is 31.1 Å². The van der Waals surface area contributed by atoms with Gasteiger partial charge in [-0.25, -0.2) is 0 Å². The summed E-state index contributed by atoms with van der Waals surface area (Å²) in [6, 6.07) is 8.68. The number of hydrogen-bond acceptors (Lipinski definition) is 5. The zero-order valence-electron chi connectivity index (χ0n) is 20.4. The van der Waals surface area contributed by atoms with E-state index in [4.69, 9.17) is 4.74 Å². The van der Waals surface area contributed by atoms with E-state index in [0.717, 1.165) is 31.4 Å². The third-order valence-electron chi connectivity index (χ3n) is 8.61. The molecule has 0 aromatic heterocycles. The zero-order chi connectivity index (χ0) is 24.9. The molecular formula is C28H33N3O5. The van der Waals surface area contributed by atoms with Crippen LogP contribution in [0.5, 0.6) is 0 Å². The van der Waals surface area contributed by atoms with Gasteiger partial charge in [0.1, 0.15) is 11.6 Å². The fourth-order valence-electron chi connectivity index (χ4n) is 7.06. The van der Waals surface area contributed by atoms with E-state index < -0.39 is 29.6 Å². The topological polar surface area (TPSA) is 90.4 Å². The highest BCUT2D eigenvalue weighted by atomic mass is 16.5. The highest BCUT2D eigenvalue weighted by Gasteiger charge is 2.71. The number of carbonyl (C=O) groups is 3. The van der Waals surface area contributed by atoms with Gasteiger partial charge in [-0.1, -0.05) is 61.8 Å². The summed E-state index contributed by atoms with van der Waals surface area (Å²) in [4.78, 5) is 47.2. The lowest BCUT2D eigenvalue weighted by Gasteiger charge is -2.39. The Balaban J connectivity index is 1.41. The third kappa shape index (κ3) is 3.45. The second kappa shape index (κ2) is 9.16. The van der Waals surface area contributed by atoms with Crippen molar-refractivity contribution < 1.29 is 24.2 Å². The van der Waals surface area contributed by atoms with Crippen molar-refractivity contribution in [3.63, 3.8) is 0 Å². The van der Waals surface area contributed by atoms with Gasteiger partial charge in [0.2, 0.25) is 17.7 Å². The molecule has 1 unspecified atom stereocenters. The number of hydrogen-bond donors (Lipinski definition) is 1. The molecule has 36 heavy (non-hydrogen) atoms. The summed E-state index contributed by atoms with van der Waals surface area (Å²) in [5, 5.41) is 9.82. The van der Waals surface area contributed by atoms with Crippen LogP contribution in [-0.2, 0) is 19.1 Å². The maximum Gasteiger partial charge on any atom is 0.249 e. The van der Waals surface area contributed by atoms with Crippen LogP contribution in [-0.4, -0.2) is 82.7 Å². The molecule has 1 N–H and O–H groups in total. The Labute approximate surface area is 211 Å². The van der Waals surface area contributed by atoms with Crippen molar-refractivity contribution in [3.05, 3.63) is 54.6 Å². The lowest BCUT2D eigenvalue weighted by Crippen LogP contribution is -2.57. The Bertz CT molecular complexity index is 1100. The van der Waals surface area contributed by atoms with E-state index in [2.05, 4.69) is 0 Å². The van der Waals surface area contributed by atoms with E-state index in [9.17, 15) is 19.5 Å². The number of carbonyl (C=O) groups excluding carboxylic acids is 3. The first kappa shape index (κ1) is 23.4. The van der Waals surface area contributed by atoms with Crippen molar-refractivity contribution in [1.29, 1.82) is 0 Å². The maximum atomic E-state index is 14.2. The number of benzene rings is 1. The van der Waals surface area contributed by atoms with Crippen LogP contribution in [0.4, 0.5) is 5.69 Å². The number of anilines is 1. The molecule has 5 atom stereocenters. The predicted octanol–water partition coefficient (Wildman–Crippen LogP) is 1.89. The van der Waals surface area contributed by atoms with E-state index in [1.807, 2.05) is 59.5 Å². The fourth-order valence-corrected chi connectivity index (χ4v) is 7.06. The van der Waals surface area contributed by atoms with Gasteiger partial charge >= 0.3 is 0 Å². The first-order valence-corrected chi connectivity index (χ1v) is 13.2. The highest BCUT2D eigenvalue weighted by molar-refractivity contribution is 6.03. The second-order valence-corrected chi connectivity index (χ2v) is 10.5. The van der Waals surface area contributed by atoms with Gasteiger partial charge in [0.25, 0.3) is 0 Å². The number of para-hydroxylation sites is 1. The van der Waals surface area contributed by atoms with Crippen molar-refractivity contribution in [2.24, 2.45) is 11.8 Å². The fraction of sp³-hybridized carbons (Fsp3) is 0.536. The van der Waals surface area contributed by atoms with Crippen LogP contribution in [0.3, 0.4) is 0 Å². The summed E-state index contributed by atoms with van der Waals surface area (Å²) in [5.41, 5.74) is -0.471. The molecule has 4 heterocycles. The Morgan fingerprint density at radius 3 is 2.47 bits per heavy atom. The smallest absolute Gasteiger partial charge is 0.249 e. The average Bonchev–Trinajstić information content (AvgIpc) is 3.20. The molecule has 3 amide bonds. The number of rotatable bonds is 4. The molecule has 0 radical (unpaired) electrons. The summed E-state index contributed by atoms with van der Waals surface area (Å²) in [6.07, 6.45) is 12.3. The molecular weight excluding hydrogens is 458 g/mol. The molecule has 1 aromatic rings. The van der Waals surface area contributed by atoms with Gasteiger partial charge in [0, 0.05) is 31.4 Å². The molecule has 6 rings (SSSR count). The minimum atomic E-state index is -1.23. The molecule has 5 aliphatic rings. The molecule has 190 valence electrons. The summed E-state index contributed by atoms with van der Waals surface area (Å²) < 4.78 is 6.64. The van der Waals surface area contributed by atoms with Gasteiger partial charge < -0.3 is 24.5 Å². The van der Waals surface area contributed by atoms with Crippen molar-refractivity contribution >= 4 is 23.4 Å². The van der Waals surface area contributed by atoms with E-state index in [1.165, 1.54) is 11.3 Å². The van der Waals surface area contributed by atoms with Gasteiger partial charge in [-0.2, -0.15) is 0 Å². The van der Waals surface area contributed by atoms with Gasteiger partial charge in [0.15, 0.2) is 0 Å². The monoisotopic (exact) mass is 491 g/mol. The molecule has 1 spiro atoms. The number of fused-ring (bicyclic) bond motifs is 2. The number of likely N-dealkylation sites (tertiary alicyclic amines) is 1. The molecule has 3 fully saturated rings. The van der Waals surface area contributed by atoms with Gasteiger partial charge in [-0.05, 0) is 25.0 Å². The normalized spacial score (nSPS) is 34.5. The number of aliphatic hydroxyl groups excluding tert-OH is 1.